The van der Waals surface area contributed by atoms with Gasteiger partial charge in [0.25, 0.3) is 0 Å². The fourth-order valence-corrected chi connectivity index (χ4v) is 4.27. The molecule has 1 aliphatic rings. The Bertz CT molecular complexity index is 738. The highest BCUT2D eigenvalue weighted by Gasteiger charge is 2.27. The third-order valence-electron chi connectivity index (χ3n) is 5.78. The molecule has 0 aliphatic carbocycles. The predicted octanol–water partition coefficient (Wildman–Crippen LogP) is 3.21. The molecule has 0 bridgehead atoms. The normalized spacial score (nSPS) is 18.0. The monoisotopic (exact) mass is 398 g/mol. The maximum absolute atomic E-state index is 9.58. The van der Waals surface area contributed by atoms with Crippen LogP contribution >= 0.6 is 0 Å². The summed E-state index contributed by atoms with van der Waals surface area (Å²) in [7, 11) is 3.37. The standard InChI is InChI=1S/C24H34N2O3/c1-28-23-12-6-11-21(24(23)29-2)18-25-15-16-26(22(19-25)13-17-27)14-7-10-20-8-4-3-5-9-20/h3-6,8-9,11-12,22,27H,7,10,13-19H2,1-2H3/t22-/m0/s1. The summed E-state index contributed by atoms with van der Waals surface area (Å²) in [4.78, 5) is 5.02. The topological polar surface area (TPSA) is 45.2 Å². The van der Waals surface area contributed by atoms with E-state index in [2.05, 4.69) is 46.2 Å². The molecular formula is C24H34N2O3. The molecule has 0 amide bonds. The molecule has 1 atom stereocenters. The Balaban J connectivity index is 1.57. The maximum Gasteiger partial charge on any atom is 0.165 e. The molecule has 2 aromatic rings. The molecule has 1 aliphatic heterocycles. The number of ether oxygens (including phenoxy) is 2. The van der Waals surface area contributed by atoms with E-state index in [-0.39, 0.29) is 6.61 Å². The highest BCUT2D eigenvalue weighted by atomic mass is 16.5. The molecule has 0 saturated carbocycles. The Morgan fingerprint density at radius 2 is 1.83 bits per heavy atom. The summed E-state index contributed by atoms with van der Waals surface area (Å²) in [5.41, 5.74) is 2.54. The molecule has 29 heavy (non-hydrogen) atoms. The van der Waals surface area contributed by atoms with Gasteiger partial charge in [0.05, 0.1) is 14.2 Å². The number of piperazine rings is 1. The number of benzene rings is 2. The summed E-state index contributed by atoms with van der Waals surface area (Å²) >= 11 is 0. The van der Waals surface area contributed by atoms with Crippen molar-refractivity contribution in [1.29, 1.82) is 0 Å². The predicted molar refractivity (Wildman–Crippen MR) is 117 cm³/mol. The number of aryl methyl sites for hydroxylation is 1. The summed E-state index contributed by atoms with van der Waals surface area (Å²) < 4.78 is 11.0. The minimum Gasteiger partial charge on any atom is -0.493 e. The van der Waals surface area contributed by atoms with Gasteiger partial charge >= 0.3 is 0 Å². The maximum atomic E-state index is 9.58. The van der Waals surface area contributed by atoms with Gasteiger partial charge < -0.3 is 14.6 Å². The van der Waals surface area contributed by atoms with Crippen LogP contribution in [-0.4, -0.2) is 68.0 Å². The molecule has 0 radical (unpaired) electrons. The van der Waals surface area contributed by atoms with Crippen LogP contribution < -0.4 is 9.47 Å². The van der Waals surface area contributed by atoms with E-state index in [9.17, 15) is 5.11 Å². The molecule has 158 valence electrons. The van der Waals surface area contributed by atoms with Crippen LogP contribution in [0.25, 0.3) is 0 Å². The lowest BCUT2D eigenvalue weighted by molar-refractivity contribution is 0.0543. The smallest absolute Gasteiger partial charge is 0.165 e. The number of rotatable bonds is 10. The van der Waals surface area contributed by atoms with E-state index < -0.39 is 0 Å². The highest BCUT2D eigenvalue weighted by molar-refractivity contribution is 5.46. The second-order valence-corrected chi connectivity index (χ2v) is 7.68. The first-order valence-corrected chi connectivity index (χ1v) is 10.6. The Morgan fingerprint density at radius 3 is 2.55 bits per heavy atom. The second-order valence-electron chi connectivity index (χ2n) is 7.68. The zero-order chi connectivity index (χ0) is 20.5. The minimum absolute atomic E-state index is 0.232. The second kappa shape index (κ2) is 11.2. The Morgan fingerprint density at radius 1 is 1.00 bits per heavy atom. The van der Waals surface area contributed by atoms with Crippen LogP contribution in [0.4, 0.5) is 0 Å². The van der Waals surface area contributed by atoms with Gasteiger partial charge in [-0.25, -0.2) is 0 Å². The van der Waals surface area contributed by atoms with Crippen molar-refractivity contribution in [2.75, 3.05) is 47.0 Å². The van der Waals surface area contributed by atoms with Crippen molar-refractivity contribution in [2.45, 2.75) is 31.8 Å². The zero-order valence-electron chi connectivity index (χ0n) is 17.7. The van der Waals surface area contributed by atoms with E-state index in [0.29, 0.717) is 6.04 Å². The fourth-order valence-electron chi connectivity index (χ4n) is 4.27. The summed E-state index contributed by atoms with van der Waals surface area (Å²) in [5, 5.41) is 9.58. The Kier molecular flexibility index (Phi) is 8.35. The molecule has 1 saturated heterocycles. The first-order chi connectivity index (χ1) is 14.2. The van der Waals surface area contributed by atoms with Gasteiger partial charge in [0, 0.05) is 44.4 Å². The molecule has 5 nitrogen and oxygen atoms in total. The van der Waals surface area contributed by atoms with Gasteiger partial charge in [-0.2, -0.15) is 0 Å². The molecule has 2 aromatic carbocycles. The van der Waals surface area contributed by atoms with Crippen molar-refractivity contribution in [3.05, 3.63) is 59.7 Å². The fraction of sp³-hybridized carbons (Fsp3) is 0.500. The molecular weight excluding hydrogens is 364 g/mol. The van der Waals surface area contributed by atoms with Crippen LogP contribution in [0.1, 0.15) is 24.0 Å². The lowest BCUT2D eigenvalue weighted by atomic mass is 10.0. The lowest BCUT2D eigenvalue weighted by Gasteiger charge is -2.41. The molecule has 5 heteroatoms. The van der Waals surface area contributed by atoms with E-state index in [1.807, 2.05) is 12.1 Å². The number of aliphatic hydroxyl groups is 1. The van der Waals surface area contributed by atoms with Crippen molar-refractivity contribution in [2.24, 2.45) is 0 Å². The van der Waals surface area contributed by atoms with Gasteiger partial charge in [-0.05, 0) is 37.4 Å². The summed E-state index contributed by atoms with van der Waals surface area (Å²) in [6.45, 7) is 5.16. The minimum atomic E-state index is 0.232. The van der Waals surface area contributed by atoms with Crippen molar-refractivity contribution < 1.29 is 14.6 Å². The van der Waals surface area contributed by atoms with Gasteiger partial charge in [0.2, 0.25) is 0 Å². The largest absolute Gasteiger partial charge is 0.493 e. The molecule has 1 heterocycles. The van der Waals surface area contributed by atoms with Crippen LogP contribution in [0.5, 0.6) is 11.5 Å². The molecule has 0 spiro atoms. The number of aliphatic hydroxyl groups excluding tert-OH is 1. The van der Waals surface area contributed by atoms with Gasteiger partial charge in [0.1, 0.15) is 0 Å². The van der Waals surface area contributed by atoms with Crippen LogP contribution in [0.2, 0.25) is 0 Å². The van der Waals surface area contributed by atoms with E-state index in [1.54, 1.807) is 14.2 Å². The van der Waals surface area contributed by atoms with Crippen LogP contribution in [0.15, 0.2) is 48.5 Å². The van der Waals surface area contributed by atoms with E-state index in [1.165, 1.54) is 5.56 Å². The number of methoxy groups -OCH3 is 2. The quantitative estimate of drug-likeness (QED) is 0.666. The SMILES string of the molecule is COc1cccc(CN2CCN(CCCc3ccccc3)[C@@H](CCO)C2)c1OC. The zero-order valence-corrected chi connectivity index (χ0v) is 17.7. The van der Waals surface area contributed by atoms with E-state index in [4.69, 9.17) is 9.47 Å². The van der Waals surface area contributed by atoms with E-state index >= 15 is 0 Å². The van der Waals surface area contributed by atoms with Crippen LogP contribution in [0, 0.1) is 0 Å². The van der Waals surface area contributed by atoms with Gasteiger partial charge in [-0.1, -0.05) is 42.5 Å². The molecule has 1 N–H and O–H groups in total. The summed E-state index contributed by atoms with van der Waals surface area (Å²) in [6.07, 6.45) is 3.07. The van der Waals surface area contributed by atoms with Gasteiger partial charge in [0.15, 0.2) is 11.5 Å². The summed E-state index contributed by atoms with van der Waals surface area (Å²) in [6, 6.07) is 17.1. The average molecular weight is 399 g/mol. The van der Waals surface area contributed by atoms with E-state index in [0.717, 1.165) is 69.0 Å². The lowest BCUT2D eigenvalue weighted by Crippen LogP contribution is -2.53. The third kappa shape index (κ3) is 5.95. The molecule has 0 aromatic heterocycles. The van der Waals surface area contributed by atoms with Crippen molar-refractivity contribution >= 4 is 0 Å². The number of hydrogen-bond donors (Lipinski definition) is 1. The Hall–Kier alpha value is -2.08. The van der Waals surface area contributed by atoms with Crippen LogP contribution in [0.3, 0.4) is 0 Å². The Labute approximate surface area is 174 Å². The van der Waals surface area contributed by atoms with Crippen molar-refractivity contribution in [3.63, 3.8) is 0 Å². The van der Waals surface area contributed by atoms with Gasteiger partial charge in [-0.15, -0.1) is 0 Å². The number of hydrogen-bond acceptors (Lipinski definition) is 5. The van der Waals surface area contributed by atoms with Crippen molar-refractivity contribution in [1.82, 2.24) is 9.80 Å². The first-order valence-electron chi connectivity index (χ1n) is 10.6. The van der Waals surface area contributed by atoms with Crippen LogP contribution in [-0.2, 0) is 13.0 Å². The van der Waals surface area contributed by atoms with Gasteiger partial charge in [-0.3, -0.25) is 9.80 Å². The number of para-hydroxylation sites is 1. The molecule has 0 unspecified atom stereocenters. The first kappa shape index (κ1) is 21.6. The average Bonchev–Trinajstić information content (AvgIpc) is 2.76. The third-order valence-corrected chi connectivity index (χ3v) is 5.78. The van der Waals surface area contributed by atoms with Crippen molar-refractivity contribution in [3.8, 4) is 11.5 Å². The molecule has 3 rings (SSSR count). The summed E-state index contributed by atoms with van der Waals surface area (Å²) in [5.74, 6) is 1.59. The molecule has 1 fully saturated rings. The number of nitrogens with zero attached hydrogens (tertiary/aromatic N) is 2. The highest BCUT2D eigenvalue weighted by Crippen LogP contribution is 2.32.